The Morgan fingerprint density at radius 1 is 0.344 bits per heavy atom. The molecular weight excluding hydrogens is 737 g/mol. The number of benzene rings is 10. The maximum Gasteiger partial charge on any atom is 0.0714 e. The van der Waals surface area contributed by atoms with Gasteiger partial charge in [0.25, 0.3) is 0 Å². The van der Waals surface area contributed by atoms with Gasteiger partial charge in [0.1, 0.15) is 0 Å². The van der Waals surface area contributed by atoms with E-state index in [-0.39, 0.29) is 0 Å². The lowest BCUT2D eigenvalue weighted by atomic mass is 9.67. The van der Waals surface area contributed by atoms with Gasteiger partial charge in [-0.1, -0.05) is 188 Å². The maximum atomic E-state index is 2.46. The van der Waals surface area contributed by atoms with Gasteiger partial charge in [-0.05, 0) is 104 Å². The minimum atomic E-state index is -0.500. The van der Waals surface area contributed by atoms with Crippen LogP contribution in [0.15, 0.2) is 243 Å². The quantitative estimate of drug-likeness (QED) is 0.156. The van der Waals surface area contributed by atoms with Crippen molar-refractivity contribution in [3.8, 4) is 27.9 Å². The van der Waals surface area contributed by atoms with Crippen molar-refractivity contribution in [1.29, 1.82) is 0 Å². The lowest BCUT2D eigenvalue weighted by molar-refractivity contribution is 0.768. The molecule has 1 aromatic heterocycles. The minimum Gasteiger partial charge on any atom is -0.310 e. The molecule has 286 valence electrons. The van der Waals surface area contributed by atoms with Gasteiger partial charge in [0.2, 0.25) is 0 Å². The van der Waals surface area contributed by atoms with E-state index in [2.05, 4.69) is 252 Å². The molecule has 2 nitrogen and oxygen atoms in total. The van der Waals surface area contributed by atoms with Crippen molar-refractivity contribution in [2.75, 3.05) is 4.90 Å². The summed E-state index contributed by atoms with van der Waals surface area (Å²) in [6.07, 6.45) is 0. The molecule has 0 N–H and O–H groups in total. The summed E-state index contributed by atoms with van der Waals surface area (Å²) in [4.78, 5) is 2.45. The third-order valence-electron chi connectivity index (χ3n) is 12.9. The van der Waals surface area contributed by atoms with Crippen LogP contribution in [0.3, 0.4) is 0 Å². The second kappa shape index (κ2) is 14.1. The average Bonchev–Trinajstić information content (AvgIpc) is 3.83. The van der Waals surface area contributed by atoms with Crippen LogP contribution in [0.5, 0.6) is 0 Å². The molecule has 1 aliphatic carbocycles. The maximum absolute atomic E-state index is 2.46. The van der Waals surface area contributed by atoms with Crippen LogP contribution in [-0.4, -0.2) is 4.57 Å². The summed E-state index contributed by atoms with van der Waals surface area (Å²) in [7, 11) is 0. The zero-order chi connectivity index (χ0) is 40.3. The van der Waals surface area contributed by atoms with Crippen molar-refractivity contribution in [2.24, 2.45) is 0 Å². The predicted octanol–water partition coefficient (Wildman–Crippen LogP) is 15.4. The fourth-order valence-corrected chi connectivity index (χ4v) is 10.2. The van der Waals surface area contributed by atoms with Crippen LogP contribution in [-0.2, 0) is 5.41 Å². The van der Waals surface area contributed by atoms with Crippen LogP contribution in [0.2, 0.25) is 0 Å². The zero-order valence-corrected chi connectivity index (χ0v) is 33.5. The molecule has 0 aliphatic heterocycles. The second-order valence-electron chi connectivity index (χ2n) is 16.1. The van der Waals surface area contributed by atoms with E-state index >= 15 is 0 Å². The number of hydrogen-bond acceptors (Lipinski definition) is 1. The Balaban J connectivity index is 1.03. The predicted molar refractivity (Wildman–Crippen MR) is 256 cm³/mol. The third kappa shape index (κ3) is 5.43. The summed E-state index contributed by atoms with van der Waals surface area (Å²) in [5.74, 6) is 0. The van der Waals surface area contributed by atoms with Crippen molar-refractivity contribution in [2.45, 2.75) is 5.41 Å². The van der Waals surface area contributed by atoms with Crippen molar-refractivity contribution >= 4 is 49.6 Å². The minimum absolute atomic E-state index is 0.500. The largest absolute Gasteiger partial charge is 0.310 e. The Morgan fingerprint density at radius 3 is 1.62 bits per heavy atom. The number of rotatable bonds is 7. The first-order chi connectivity index (χ1) is 30.3. The Morgan fingerprint density at radius 2 is 0.902 bits per heavy atom. The standard InChI is InChI=1S/C59H40N2/c1-3-20-44(21-4-1)59(45-22-5-2-6-23-45)54-29-12-9-26-50(54)51-38-37-48(40-55(51)59)60(56-32-16-18-42-17-7-8-25-49(42)56)46-35-33-41(34-36-46)43-19-15-24-47(39-43)61-57-30-13-10-27-52(57)53-28-11-14-31-58(53)61/h1-40H. The van der Waals surface area contributed by atoms with Gasteiger partial charge < -0.3 is 9.47 Å². The fraction of sp³-hybridized carbons (Fsp3) is 0.0169. The number of aromatic nitrogens is 1. The topological polar surface area (TPSA) is 8.17 Å². The van der Waals surface area contributed by atoms with E-state index in [1.54, 1.807) is 0 Å². The second-order valence-corrected chi connectivity index (χ2v) is 16.1. The molecule has 2 heteroatoms. The molecular formula is C59H40N2. The highest BCUT2D eigenvalue weighted by Gasteiger charge is 2.46. The third-order valence-corrected chi connectivity index (χ3v) is 12.9. The molecule has 0 amide bonds. The first kappa shape index (κ1) is 35.0. The van der Waals surface area contributed by atoms with E-state index in [9.17, 15) is 0 Å². The van der Waals surface area contributed by atoms with Crippen molar-refractivity contribution in [1.82, 2.24) is 4.57 Å². The Bertz CT molecular complexity index is 3320. The van der Waals surface area contributed by atoms with Crippen molar-refractivity contribution in [3.63, 3.8) is 0 Å². The number of hydrogen-bond donors (Lipinski definition) is 0. The van der Waals surface area contributed by atoms with Gasteiger partial charge in [-0.2, -0.15) is 0 Å². The normalized spacial score (nSPS) is 12.7. The molecule has 0 unspecified atom stereocenters. The van der Waals surface area contributed by atoms with E-state index in [4.69, 9.17) is 0 Å². The number of anilines is 3. The fourth-order valence-electron chi connectivity index (χ4n) is 10.2. The molecule has 0 atom stereocenters. The van der Waals surface area contributed by atoms with Crippen LogP contribution in [0.4, 0.5) is 17.1 Å². The molecule has 11 aromatic rings. The van der Waals surface area contributed by atoms with Gasteiger partial charge in [0.15, 0.2) is 0 Å². The molecule has 0 saturated heterocycles. The lowest BCUT2D eigenvalue weighted by Crippen LogP contribution is -2.28. The lowest BCUT2D eigenvalue weighted by Gasteiger charge is -2.35. The highest BCUT2D eigenvalue weighted by Crippen LogP contribution is 2.57. The molecule has 1 heterocycles. The molecule has 0 spiro atoms. The van der Waals surface area contributed by atoms with E-state index in [1.807, 2.05) is 0 Å². The molecule has 0 saturated carbocycles. The number of fused-ring (bicyclic) bond motifs is 7. The number of para-hydroxylation sites is 2. The van der Waals surface area contributed by atoms with Crippen LogP contribution in [0.25, 0.3) is 60.5 Å². The molecule has 61 heavy (non-hydrogen) atoms. The molecule has 10 aromatic carbocycles. The summed E-state index contributed by atoms with van der Waals surface area (Å²) in [6.45, 7) is 0. The Kier molecular flexibility index (Phi) is 8.11. The monoisotopic (exact) mass is 776 g/mol. The summed E-state index contributed by atoms with van der Waals surface area (Å²) < 4.78 is 2.39. The Hall–Kier alpha value is -7.94. The van der Waals surface area contributed by atoms with Crippen LogP contribution >= 0.6 is 0 Å². The molecule has 0 fully saturated rings. The SMILES string of the molecule is c1ccc(C2(c3ccccc3)c3ccccc3-c3ccc(N(c4ccc(-c5cccc(-n6c7ccccc7c7ccccc76)c5)cc4)c4cccc5ccccc45)cc32)cc1. The van der Waals surface area contributed by atoms with E-state index in [0.717, 1.165) is 22.7 Å². The highest BCUT2D eigenvalue weighted by molar-refractivity contribution is 6.09. The van der Waals surface area contributed by atoms with Crippen molar-refractivity contribution in [3.05, 3.63) is 265 Å². The molecule has 1 aliphatic rings. The van der Waals surface area contributed by atoms with Gasteiger partial charge in [-0.25, -0.2) is 0 Å². The highest BCUT2D eigenvalue weighted by atomic mass is 15.1. The summed E-state index contributed by atoms with van der Waals surface area (Å²) in [5, 5.41) is 4.94. The zero-order valence-electron chi connectivity index (χ0n) is 33.5. The van der Waals surface area contributed by atoms with E-state index in [1.165, 1.54) is 77.1 Å². The van der Waals surface area contributed by atoms with Crippen molar-refractivity contribution < 1.29 is 0 Å². The van der Waals surface area contributed by atoms with Gasteiger partial charge in [0.05, 0.1) is 22.1 Å². The first-order valence-electron chi connectivity index (χ1n) is 21.1. The van der Waals surface area contributed by atoms with E-state index in [0.29, 0.717) is 0 Å². The molecule has 12 rings (SSSR count). The van der Waals surface area contributed by atoms with Crippen LogP contribution < -0.4 is 4.90 Å². The average molecular weight is 777 g/mol. The summed E-state index contributed by atoms with van der Waals surface area (Å²) >= 11 is 0. The van der Waals surface area contributed by atoms with Gasteiger partial charge in [0, 0.05) is 33.2 Å². The molecule has 0 bridgehead atoms. The number of nitrogens with zero attached hydrogens (tertiary/aromatic N) is 2. The Labute approximate surface area is 355 Å². The summed E-state index contributed by atoms with van der Waals surface area (Å²) in [6, 6.07) is 89.1. The summed E-state index contributed by atoms with van der Waals surface area (Å²) in [5.41, 5.74) is 16.4. The van der Waals surface area contributed by atoms with Crippen LogP contribution in [0.1, 0.15) is 22.3 Å². The van der Waals surface area contributed by atoms with Gasteiger partial charge >= 0.3 is 0 Å². The van der Waals surface area contributed by atoms with Gasteiger partial charge in [-0.3, -0.25) is 0 Å². The smallest absolute Gasteiger partial charge is 0.0714 e. The first-order valence-corrected chi connectivity index (χ1v) is 21.1. The van der Waals surface area contributed by atoms with E-state index < -0.39 is 5.41 Å². The van der Waals surface area contributed by atoms with Crippen LogP contribution in [0, 0.1) is 0 Å². The van der Waals surface area contributed by atoms with Gasteiger partial charge in [-0.15, -0.1) is 0 Å². The molecule has 0 radical (unpaired) electrons.